The summed E-state index contributed by atoms with van der Waals surface area (Å²) in [6.45, 7) is 7.81. The third-order valence-corrected chi connectivity index (χ3v) is 3.62. The molecule has 0 fully saturated rings. The van der Waals surface area contributed by atoms with Gasteiger partial charge in [0, 0.05) is 23.5 Å². The topological polar surface area (TPSA) is 100 Å². The molecule has 22 heavy (non-hydrogen) atoms. The van der Waals surface area contributed by atoms with Crippen LogP contribution in [0.5, 0.6) is 0 Å². The maximum absolute atomic E-state index is 12.2. The largest absolute Gasteiger partial charge is 0.453 e. The number of carbonyl (C=O) groups is 2. The maximum Gasteiger partial charge on any atom is 0.346 e. The van der Waals surface area contributed by atoms with E-state index in [0.717, 1.165) is 17.9 Å². The number of carbonyl (C=O) groups excluding carboxylic acids is 2. The van der Waals surface area contributed by atoms with Crippen LogP contribution >= 0.6 is 0 Å². The van der Waals surface area contributed by atoms with Gasteiger partial charge in [0.2, 0.25) is 11.7 Å². The second kappa shape index (κ2) is 6.05. The highest BCUT2D eigenvalue weighted by molar-refractivity contribution is 6.01. The fourth-order valence-electron chi connectivity index (χ4n) is 2.49. The Morgan fingerprint density at radius 1 is 1.36 bits per heavy atom. The molecule has 0 spiro atoms. The molecule has 0 radical (unpaired) electrons. The predicted molar refractivity (Wildman–Crippen MR) is 79.8 cm³/mol. The normalized spacial score (nSPS) is 10.7. The number of hydrogen-bond donors (Lipinski definition) is 1. The van der Waals surface area contributed by atoms with Crippen molar-refractivity contribution in [3.05, 3.63) is 34.3 Å². The van der Waals surface area contributed by atoms with Gasteiger partial charge in [-0.2, -0.15) is 0 Å². The molecule has 2 heterocycles. The molecule has 0 aromatic carbocycles. The molecule has 0 unspecified atom stereocenters. The lowest BCUT2D eigenvalue weighted by molar-refractivity contribution is 0.0474. The number of esters is 1. The van der Waals surface area contributed by atoms with Crippen molar-refractivity contribution in [3.63, 3.8) is 0 Å². The van der Waals surface area contributed by atoms with Crippen LogP contribution in [0.1, 0.15) is 44.7 Å². The second-order valence-electron chi connectivity index (χ2n) is 5.04. The molecule has 7 nitrogen and oxygen atoms in total. The molecule has 2 aromatic rings. The summed E-state index contributed by atoms with van der Waals surface area (Å²) in [7, 11) is 0. The zero-order valence-corrected chi connectivity index (χ0v) is 13.1. The van der Waals surface area contributed by atoms with Crippen LogP contribution in [-0.2, 0) is 11.3 Å². The minimum absolute atomic E-state index is 0.0619. The summed E-state index contributed by atoms with van der Waals surface area (Å²) in [5.74, 6) is -1.08. The fourth-order valence-corrected chi connectivity index (χ4v) is 2.49. The van der Waals surface area contributed by atoms with E-state index in [1.54, 1.807) is 13.0 Å². The molecule has 0 aliphatic heterocycles. The van der Waals surface area contributed by atoms with Crippen molar-refractivity contribution >= 4 is 17.6 Å². The zero-order valence-electron chi connectivity index (χ0n) is 13.1. The molecule has 2 N–H and O–H groups in total. The molecule has 0 atom stereocenters. The number of anilines is 1. The summed E-state index contributed by atoms with van der Waals surface area (Å²) in [6.07, 6.45) is 0. The van der Waals surface area contributed by atoms with Crippen LogP contribution in [0.15, 0.2) is 10.6 Å². The molecule has 2 aromatic heterocycles. The minimum atomic E-state index is -0.714. The first-order valence-electron chi connectivity index (χ1n) is 6.95. The molecule has 0 amide bonds. The molecule has 0 aliphatic carbocycles. The molecule has 118 valence electrons. The van der Waals surface area contributed by atoms with E-state index in [1.807, 2.05) is 25.3 Å². The lowest BCUT2D eigenvalue weighted by atomic mass is 10.1. The molecule has 7 heteroatoms. The smallest absolute Gasteiger partial charge is 0.346 e. The summed E-state index contributed by atoms with van der Waals surface area (Å²) in [4.78, 5) is 24.2. The van der Waals surface area contributed by atoms with Crippen LogP contribution in [0.3, 0.4) is 0 Å². The number of aromatic nitrogens is 2. The van der Waals surface area contributed by atoms with E-state index < -0.39 is 5.97 Å². The summed E-state index contributed by atoms with van der Waals surface area (Å²) < 4.78 is 11.7. The molecular formula is C15H19N3O4. The van der Waals surface area contributed by atoms with Gasteiger partial charge in [-0.05, 0) is 33.8 Å². The quantitative estimate of drug-likeness (QED) is 0.670. The van der Waals surface area contributed by atoms with Crippen LogP contribution in [-0.4, -0.2) is 28.1 Å². The van der Waals surface area contributed by atoms with Gasteiger partial charge in [0.15, 0.2) is 6.61 Å². The summed E-state index contributed by atoms with van der Waals surface area (Å²) in [6, 6.07) is 1.80. The van der Waals surface area contributed by atoms with Gasteiger partial charge in [0.25, 0.3) is 0 Å². The lowest BCUT2D eigenvalue weighted by Crippen LogP contribution is -2.16. The number of nitrogens with two attached hydrogens (primary N) is 1. The Hall–Kier alpha value is -2.57. The van der Waals surface area contributed by atoms with E-state index in [-0.39, 0.29) is 23.8 Å². The van der Waals surface area contributed by atoms with Gasteiger partial charge in [-0.15, -0.1) is 0 Å². The number of aryl methyl sites for hydroxylation is 2. The van der Waals surface area contributed by atoms with E-state index in [2.05, 4.69) is 5.16 Å². The number of Topliss-reactive ketones (excluding diaryl/α,β-unsaturated/α-hetero) is 1. The van der Waals surface area contributed by atoms with Gasteiger partial charge in [0.1, 0.15) is 5.56 Å². The van der Waals surface area contributed by atoms with Gasteiger partial charge in [0.05, 0.1) is 5.69 Å². The highest BCUT2D eigenvalue weighted by atomic mass is 16.5. The van der Waals surface area contributed by atoms with Crippen molar-refractivity contribution in [2.24, 2.45) is 0 Å². The van der Waals surface area contributed by atoms with Gasteiger partial charge in [-0.1, -0.05) is 5.16 Å². The zero-order chi connectivity index (χ0) is 16.4. The first kappa shape index (κ1) is 15.8. The van der Waals surface area contributed by atoms with Crippen molar-refractivity contribution < 1.29 is 18.8 Å². The number of rotatable bonds is 5. The Balaban J connectivity index is 2.09. The van der Waals surface area contributed by atoms with Crippen molar-refractivity contribution in [2.75, 3.05) is 12.3 Å². The van der Waals surface area contributed by atoms with Crippen LogP contribution in [0, 0.1) is 20.8 Å². The van der Waals surface area contributed by atoms with Crippen LogP contribution in [0.2, 0.25) is 0 Å². The van der Waals surface area contributed by atoms with Crippen LogP contribution in [0.25, 0.3) is 0 Å². The van der Waals surface area contributed by atoms with Gasteiger partial charge in [-0.3, -0.25) is 4.79 Å². The first-order chi connectivity index (χ1) is 10.4. The van der Waals surface area contributed by atoms with Gasteiger partial charge >= 0.3 is 5.97 Å². The first-order valence-corrected chi connectivity index (χ1v) is 6.95. The number of hydrogen-bond acceptors (Lipinski definition) is 6. The molecule has 0 saturated carbocycles. The van der Waals surface area contributed by atoms with E-state index in [9.17, 15) is 9.59 Å². The standard InChI is InChI=1S/C15H19N3O4/c1-5-18-8(2)6-11(10(18)4)12(19)7-21-15(20)13-9(3)17-22-14(13)16/h6H,5,7,16H2,1-4H3. The van der Waals surface area contributed by atoms with Gasteiger partial charge in [-0.25, -0.2) is 4.79 Å². The van der Waals surface area contributed by atoms with Crippen molar-refractivity contribution in [3.8, 4) is 0 Å². The second-order valence-corrected chi connectivity index (χ2v) is 5.04. The van der Waals surface area contributed by atoms with E-state index >= 15 is 0 Å². The average Bonchev–Trinajstić information content (AvgIpc) is 2.95. The molecular weight excluding hydrogens is 286 g/mol. The lowest BCUT2D eigenvalue weighted by Gasteiger charge is -2.06. The van der Waals surface area contributed by atoms with Crippen molar-refractivity contribution in [2.45, 2.75) is 34.2 Å². The number of ketones is 1. The summed E-state index contributed by atoms with van der Waals surface area (Å²) >= 11 is 0. The average molecular weight is 305 g/mol. The molecule has 0 aliphatic rings. The van der Waals surface area contributed by atoms with E-state index in [4.69, 9.17) is 15.0 Å². The number of nitrogen functional groups attached to an aromatic ring is 1. The Bertz CT molecular complexity index is 708. The molecule has 2 rings (SSSR count). The minimum Gasteiger partial charge on any atom is -0.453 e. The highest BCUT2D eigenvalue weighted by Crippen LogP contribution is 2.18. The third-order valence-electron chi connectivity index (χ3n) is 3.62. The van der Waals surface area contributed by atoms with Crippen molar-refractivity contribution in [1.82, 2.24) is 9.72 Å². The van der Waals surface area contributed by atoms with Crippen LogP contribution in [0.4, 0.5) is 5.88 Å². The number of ether oxygens (including phenoxy) is 1. The Morgan fingerprint density at radius 3 is 2.55 bits per heavy atom. The Kier molecular flexibility index (Phi) is 4.35. The Morgan fingerprint density at radius 2 is 2.05 bits per heavy atom. The number of nitrogens with zero attached hydrogens (tertiary/aromatic N) is 2. The van der Waals surface area contributed by atoms with E-state index in [1.165, 1.54) is 0 Å². The van der Waals surface area contributed by atoms with Crippen molar-refractivity contribution in [1.29, 1.82) is 0 Å². The third kappa shape index (κ3) is 2.74. The summed E-state index contributed by atoms with van der Waals surface area (Å²) in [5, 5.41) is 3.57. The fraction of sp³-hybridized carbons (Fsp3) is 0.400. The molecule has 0 saturated heterocycles. The monoisotopic (exact) mass is 305 g/mol. The maximum atomic E-state index is 12.2. The van der Waals surface area contributed by atoms with E-state index in [0.29, 0.717) is 11.3 Å². The summed E-state index contributed by atoms with van der Waals surface area (Å²) in [5.41, 5.74) is 8.32. The highest BCUT2D eigenvalue weighted by Gasteiger charge is 2.22. The van der Waals surface area contributed by atoms with Gasteiger partial charge < -0.3 is 19.6 Å². The Labute approximate surface area is 128 Å². The van der Waals surface area contributed by atoms with Crippen LogP contribution < -0.4 is 5.73 Å². The SMILES string of the molecule is CCn1c(C)cc(C(=O)COC(=O)c2c(C)noc2N)c1C. The molecule has 0 bridgehead atoms. The predicted octanol–water partition coefficient (Wildman–Crippen LogP) is 2.04.